The summed E-state index contributed by atoms with van der Waals surface area (Å²) in [5.41, 5.74) is 2.75. The van der Waals surface area contributed by atoms with Gasteiger partial charge in [0.05, 0.1) is 13.2 Å². The molecule has 0 spiro atoms. The SMILES string of the molecule is CCN(CC)c1ccc(C[NH2+]CC[NH+]2CCOCC2)cc1. The van der Waals surface area contributed by atoms with Gasteiger partial charge in [-0.05, 0) is 26.0 Å². The molecule has 0 radical (unpaired) electrons. The summed E-state index contributed by atoms with van der Waals surface area (Å²) in [5, 5.41) is 2.43. The smallest absolute Gasteiger partial charge is 0.127 e. The van der Waals surface area contributed by atoms with E-state index in [0.717, 1.165) is 32.8 Å². The molecule has 1 heterocycles. The second-order valence-electron chi connectivity index (χ2n) is 5.73. The van der Waals surface area contributed by atoms with Gasteiger partial charge < -0.3 is 19.9 Å². The lowest BCUT2D eigenvalue weighted by Crippen LogP contribution is -3.16. The number of benzene rings is 1. The van der Waals surface area contributed by atoms with Gasteiger partial charge in [-0.1, -0.05) is 12.1 Å². The van der Waals surface area contributed by atoms with Gasteiger partial charge in [-0.3, -0.25) is 0 Å². The van der Waals surface area contributed by atoms with Crippen molar-refractivity contribution in [3.05, 3.63) is 29.8 Å². The fourth-order valence-corrected chi connectivity index (χ4v) is 2.92. The fourth-order valence-electron chi connectivity index (χ4n) is 2.92. The van der Waals surface area contributed by atoms with E-state index >= 15 is 0 Å². The first kappa shape index (κ1) is 16.3. The number of morpholine rings is 1. The molecule has 1 aliphatic heterocycles. The van der Waals surface area contributed by atoms with E-state index in [-0.39, 0.29) is 0 Å². The summed E-state index contributed by atoms with van der Waals surface area (Å²) in [6.45, 7) is 14.3. The Balaban J connectivity index is 1.68. The highest BCUT2D eigenvalue weighted by Crippen LogP contribution is 2.14. The molecule has 1 aliphatic rings. The number of hydrogen-bond donors (Lipinski definition) is 2. The third-order valence-electron chi connectivity index (χ3n) is 4.35. The summed E-state index contributed by atoms with van der Waals surface area (Å²) in [5.74, 6) is 0. The van der Waals surface area contributed by atoms with Gasteiger partial charge in [-0.15, -0.1) is 0 Å². The second kappa shape index (κ2) is 9.03. The quantitative estimate of drug-likeness (QED) is 0.634. The molecule has 1 aromatic rings. The molecule has 21 heavy (non-hydrogen) atoms. The molecule has 1 fully saturated rings. The highest BCUT2D eigenvalue weighted by molar-refractivity contribution is 5.47. The average molecular weight is 293 g/mol. The van der Waals surface area contributed by atoms with Crippen LogP contribution in [-0.4, -0.2) is 52.5 Å². The van der Waals surface area contributed by atoms with Gasteiger partial charge in [0.15, 0.2) is 0 Å². The minimum absolute atomic E-state index is 0.933. The molecule has 0 saturated carbocycles. The molecule has 1 saturated heterocycles. The zero-order chi connectivity index (χ0) is 14.9. The molecule has 0 aliphatic carbocycles. The van der Waals surface area contributed by atoms with E-state index in [0.29, 0.717) is 0 Å². The molecule has 2 rings (SSSR count). The molecular weight excluding hydrogens is 262 g/mol. The van der Waals surface area contributed by atoms with E-state index in [1.807, 2.05) is 0 Å². The van der Waals surface area contributed by atoms with Crippen molar-refractivity contribution in [2.45, 2.75) is 20.4 Å². The van der Waals surface area contributed by atoms with E-state index in [9.17, 15) is 0 Å². The molecule has 4 heteroatoms. The fraction of sp³-hybridized carbons (Fsp3) is 0.647. The topological polar surface area (TPSA) is 33.5 Å². The van der Waals surface area contributed by atoms with Gasteiger partial charge in [0.25, 0.3) is 0 Å². The number of anilines is 1. The van der Waals surface area contributed by atoms with Crippen molar-refractivity contribution in [3.63, 3.8) is 0 Å². The second-order valence-corrected chi connectivity index (χ2v) is 5.73. The van der Waals surface area contributed by atoms with Crippen LogP contribution in [0, 0.1) is 0 Å². The highest BCUT2D eigenvalue weighted by atomic mass is 16.5. The number of nitrogens with two attached hydrogens (primary N) is 1. The van der Waals surface area contributed by atoms with Crippen LogP contribution in [-0.2, 0) is 11.3 Å². The Morgan fingerprint density at radius 3 is 2.38 bits per heavy atom. The lowest BCUT2D eigenvalue weighted by atomic mass is 10.2. The van der Waals surface area contributed by atoms with Crippen molar-refractivity contribution in [1.82, 2.24) is 0 Å². The summed E-state index contributed by atoms with van der Waals surface area (Å²) in [4.78, 5) is 4.07. The summed E-state index contributed by atoms with van der Waals surface area (Å²) < 4.78 is 5.39. The molecule has 1 aromatic carbocycles. The number of nitrogens with zero attached hydrogens (tertiary/aromatic N) is 1. The van der Waals surface area contributed by atoms with Crippen LogP contribution in [0.5, 0.6) is 0 Å². The predicted molar refractivity (Wildman–Crippen MR) is 86.9 cm³/mol. The van der Waals surface area contributed by atoms with Crippen LogP contribution in [0.15, 0.2) is 24.3 Å². The Morgan fingerprint density at radius 2 is 1.76 bits per heavy atom. The Bertz CT molecular complexity index is 384. The van der Waals surface area contributed by atoms with Crippen LogP contribution < -0.4 is 15.1 Å². The lowest BCUT2D eigenvalue weighted by Gasteiger charge is -2.23. The molecule has 3 N–H and O–H groups in total. The van der Waals surface area contributed by atoms with Gasteiger partial charge in [-0.2, -0.15) is 0 Å². The zero-order valence-corrected chi connectivity index (χ0v) is 13.6. The van der Waals surface area contributed by atoms with E-state index in [2.05, 4.69) is 48.3 Å². The molecule has 0 amide bonds. The molecular formula is C17H31N3O+2. The van der Waals surface area contributed by atoms with Gasteiger partial charge in [0.1, 0.15) is 32.7 Å². The maximum atomic E-state index is 5.39. The molecule has 0 aromatic heterocycles. The lowest BCUT2D eigenvalue weighted by molar-refractivity contribution is -0.920. The summed E-state index contributed by atoms with van der Waals surface area (Å²) in [6, 6.07) is 9.05. The molecule has 0 atom stereocenters. The molecule has 0 bridgehead atoms. The number of quaternary nitrogens is 2. The molecule has 118 valence electrons. The van der Waals surface area contributed by atoms with Crippen LogP contribution in [0.3, 0.4) is 0 Å². The predicted octanol–water partition coefficient (Wildman–Crippen LogP) is -0.489. The van der Waals surface area contributed by atoms with Crippen molar-refractivity contribution in [1.29, 1.82) is 0 Å². The van der Waals surface area contributed by atoms with Gasteiger partial charge in [0, 0.05) is 24.3 Å². The first-order valence-corrected chi connectivity index (χ1v) is 8.40. The van der Waals surface area contributed by atoms with Crippen molar-refractivity contribution < 1.29 is 15.0 Å². The Morgan fingerprint density at radius 1 is 1.10 bits per heavy atom. The maximum absolute atomic E-state index is 5.39. The number of nitrogens with one attached hydrogen (secondary N) is 1. The summed E-state index contributed by atoms with van der Waals surface area (Å²) in [7, 11) is 0. The largest absolute Gasteiger partial charge is 0.372 e. The Labute approximate surface area is 129 Å². The van der Waals surface area contributed by atoms with Crippen LogP contribution in [0.2, 0.25) is 0 Å². The Hall–Kier alpha value is -1.10. The van der Waals surface area contributed by atoms with Crippen LogP contribution in [0.4, 0.5) is 5.69 Å². The maximum Gasteiger partial charge on any atom is 0.127 e. The zero-order valence-electron chi connectivity index (χ0n) is 13.6. The van der Waals surface area contributed by atoms with E-state index in [1.54, 1.807) is 4.90 Å². The number of hydrogen-bond acceptors (Lipinski definition) is 2. The van der Waals surface area contributed by atoms with Crippen molar-refractivity contribution in [2.24, 2.45) is 0 Å². The Kier molecular flexibility index (Phi) is 7.00. The van der Waals surface area contributed by atoms with E-state index in [1.165, 1.54) is 37.4 Å². The summed E-state index contributed by atoms with van der Waals surface area (Å²) in [6.07, 6.45) is 0. The monoisotopic (exact) mass is 293 g/mol. The first-order chi connectivity index (χ1) is 10.3. The van der Waals surface area contributed by atoms with Crippen LogP contribution in [0.1, 0.15) is 19.4 Å². The van der Waals surface area contributed by atoms with Crippen molar-refractivity contribution in [3.8, 4) is 0 Å². The average Bonchev–Trinajstić information content (AvgIpc) is 2.55. The number of ether oxygens (including phenoxy) is 1. The van der Waals surface area contributed by atoms with Crippen LogP contribution in [0.25, 0.3) is 0 Å². The minimum Gasteiger partial charge on any atom is -0.372 e. The van der Waals surface area contributed by atoms with Crippen molar-refractivity contribution in [2.75, 3.05) is 57.4 Å². The van der Waals surface area contributed by atoms with Gasteiger partial charge >= 0.3 is 0 Å². The molecule has 0 unspecified atom stereocenters. The van der Waals surface area contributed by atoms with Gasteiger partial charge in [0.2, 0.25) is 0 Å². The van der Waals surface area contributed by atoms with Crippen LogP contribution >= 0.6 is 0 Å². The van der Waals surface area contributed by atoms with E-state index in [4.69, 9.17) is 4.74 Å². The third kappa shape index (κ3) is 5.30. The highest BCUT2D eigenvalue weighted by Gasteiger charge is 2.13. The normalized spacial score (nSPS) is 16.1. The van der Waals surface area contributed by atoms with Gasteiger partial charge in [-0.25, -0.2) is 0 Å². The summed E-state index contributed by atoms with van der Waals surface area (Å²) >= 11 is 0. The van der Waals surface area contributed by atoms with Crippen molar-refractivity contribution >= 4 is 5.69 Å². The molecule has 4 nitrogen and oxygen atoms in total. The minimum atomic E-state index is 0.933. The van der Waals surface area contributed by atoms with E-state index < -0.39 is 0 Å². The standard InChI is InChI=1S/C17H29N3O/c1-3-20(4-2)17-7-5-16(6-8-17)15-18-9-10-19-11-13-21-14-12-19/h5-8,18H,3-4,9-15H2,1-2H3/p+2. The first-order valence-electron chi connectivity index (χ1n) is 8.40. The third-order valence-corrected chi connectivity index (χ3v) is 4.35. The number of rotatable bonds is 8.